The van der Waals surface area contributed by atoms with Crippen molar-refractivity contribution in [2.24, 2.45) is 0 Å². The normalized spacial score (nSPS) is 8.38. The lowest BCUT2D eigenvalue weighted by molar-refractivity contribution is -0.143. The van der Waals surface area contributed by atoms with Crippen LogP contribution >= 0.6 is 0 Å². The van der Waals surface area contributed by atoms with Crippen LogP contribution in [0.15, 0.2) is 0 Å². The van der Waals surface area contributed by atoms with Crippen molar-refractivity contribution in [2.45, 2.75) is 188 Å². The number of rotatable bonds is 19. The molecule has 0 heterocycles. The smallest absolute Gasteiger partial charge is 0.305 e. The highest BCUT2D eigenvalue weighted by Crippen LogP contribution is 2.13. The summed E-state index contributed by atoms with van der Waals surface area (Å²) in [4.78, 5) is 11.4. The zero-order valence-corrected chi connectivity index (χ0v) is 18.8. The van der Waals surface area contributed by atoms with E-state index < -0.39 is 0 Å². The Morgan fingerprint density at radius 3 is 1.06 bits per heavy atom. The summed E-state index contributed by atoms with van der Waals surface area (Å²) in [5.74, 6) is -0.00172. The van der Waals surface area contributed by atoms with E-state index in [4.69, 9.17) is 4.74 Å². The molecule has 0 amide bonds. The van der Waals surface area contributed by atoms with Gasteiger partial charge in [0.1, 0.15) is 0 Å². The number of carbonyl (C=O) groups is 1. The lowest BCUT2D eigenvalue weighted by atomic mass is 10.0. The molecule has 0 aliphatic heterocycles. The molecule has 0 aromatic rings. The van der Waals surface area contributed by atoms with E-state index >= 15 is 0 Å². The molecule has 2 nitrogen and oxygen atoms in total. The molecule has 0 aliphatic carbocycles. The lowest BCUT2D eigenvalue weighted by Crippen LogP contribution is -2.05. The molecule has 0 saturated heterocycles. The molecular weight excluding hydrogens is 392 g/mol. The molecule has 0 saturated carbocycles. The number of esters is 1. The van der Waals surface area contributed by atoms with Crippen molar-refractivity contribution in [1.29, 1.82) is 0 Å². The number of hydrogen-bond donors (Lipinski definition) is 0. The van der Waals surface area contributed by atoms with E-state index in [9.17, 15) is 4.79 Å². The molecule has 0 atom stereocenters. The van der Waals surface area contributed by atoms with Crippen molar-refractivity contribution in [2.75, 3.05) is 6.61 Å². The lowest BCUT2D eigenvalue weighted by Gasteiger charge is -2.04. The molecule has 0 fully saturated rings. The number of unbranched alkanes of at least 4 members (excludes halogenated alkanes) is 15. The molecule has 2 heteroatoms. The number of ether oxygens (including phenoxy) is 1. The van der Waals surface area contributed by atoms with Crippen LogP contribution in [0.2, 0.25) is 0 Å². The summed E-state index contributed by atoms with van der Waals surface area (Å²) < 4.78 is 5.16. The third-order valence-electron chi connectivity index (χ3n) is 4.75. The highest BCUT2D eigenvalue weighted by Gasteiger charge is 2.01. The molecule has 0 unspecified atom stereocenters. The van der Waals surface area contributed by atoms with Gasteiger partial charge in [0.2, 0.25) is 0 Å². The predicted octanol–water partition coefficient (Wildman–Crippen LogP) is 12.4. The van der Waals surface area contributed by atoms with Crippen LogP contribution in [0.1, 0.15) is 188 Å². The topological polar surface area (TPSA) is 26.3 Å². The van der Waals surface area contributed by atoms with Gasteiger partial charge in [-0.05, 0) is 12.8 Å². The summed E-state index contributed by atoms with van der Waals surface area (Å²) in [6, 6.07) is 0. The van der Waals surface area contributed by atoms with Gasteiger partial charge in [-0.25, -0.2) is 0 Å². The fraction of sp³-hybridized carbons (Fsp3) is 0.967. The summed E-state index contributed by atoms with van der Waals surface area (Å²) in [7, 11) is 0. The molecular formula is C30H74O2. The van der Waals surface area contributed by atoms with E-state index in [-0.39, 0.29) is 50.5 Å². The Labute approximate surface area is 210 Å². The molecule has 0 spiro atoms. The summed E-state index contributed by atoms with van der Waals surface area (Å²) in [5, 5.41) is 0. The monoisotopic (exact) mass is 467 g/mol. The van der Waals surface area contributed by atoms with Crippen LogP contribution in [0.25, 0.3) is 0 Å². The second-order valence-corrected chi connectivity index (χ2v) is 7.27. The number of hydrogen-bond acceptors (Lipinski definition) is 2. The minimum Gasteiger partial charge on any atom is -0.466 e. The Balaban J connectivity index is -0.000000116. The van der Waals surface area contributed by atoms with Gasteiger partial charge in [0.05, 0.1) is 6.61 Å². The third-order valence-corrected chi connectivity index (χ3v) is 4.75. The first-order valence-electron chi connectivity index (χ1n) is 12.0. The first-order valence-corrected chi connectivity index (χ1v) is 12.0. The SMILES string of the molecule is C.C.C.C.C.C.CC.CCCCCCCCCCCCCCCCCC(=O)OCCCC. The molecule has 206 valence electrons. The second-order valence-electron chi connectivity index (χ2n) is 7.27. The molecule has 0 radical (unpaired) electrons. The number of carbonyl (C=O) groups excluding carboxylic acids is 1. The van der Waals surface area contributed by atoms with Gasteiger partial charge in [-0.2, -0.15) is 0 Å². The molecule has 0 bridgehead atoms. The van der Waals surface area contributed by atoms with E-state index in [1.54, 1.807) is 0 Å². The van der Waals surface area contributed by atoms with Crippen LogP contribution in [0.4, 0.5) is 0 Å². The maximum absolute atomic E-state index is 11.4. The first kappa shape index (κ1) is 53.0. The van der Waals surface area contributed by atoms with Crippen molar-refractivity contribution >= 4 is 5.97 Å². The largest absolute Gasteiger partial charge is 0.466 e. The van der Waals surface area contributed by atoms with Crippen molar-refractivity contribution in [1.82, 2.24) is 0 Å². The third kappa shape index (κ3) is 51.8. The quantitative estimate of drug-likeness (QED) is 0.140. The van der Waals surface area contributed by atoms with E-state index in [2.05, 4.69) is 13.8 Å². The van der Waals surface area contributed by atoms with Crippen LogP contribution < -0.4 is 0 Å². The van der Waals surface area contributed by atoms with Crippen molar-refractivity contribution < 1.29 is 9.53 Å². The van der Waals surface area contributed by atoms with Crippen molar-refractivity contribution in [3.63, 3.8) is 0 Å². The van der Waals surface area contributed by atoms with Gasteiger partial charge in [-0.15, -0.1) is 0 Å². The summed E-state index contributed by atoms with van der Waals surface area (Å²) in [5.41, 5.74) is 0. The Bertz CT molecular complexity index is 251. The van der Waals surface area contributed by atoms with Gasteiger partial charge in [0.15, 0.2) is 0 Å². The Morgan fingerprint density at radius 1 is 0.469 bits per heavy atom. The van der Waals surface area contributed by atoms with Crippen LogP contribution in [0.5, 0.6) is 0 Å². The first-order chi connectivity index (χ1) is 12.8. The van der Waals surface area contributed by atoms with E-state index in [1.807, 2.05) is 13.8 Å². The van der Waals surface area contributed by atoms with E-state index in [0.717, 1.165) is 19.3 Å². The van der Waals surface area contributed by atoms with Gasteiger partial charge < -0.3 is 4.74 Å². The van der Waals surface area contributed by atoms with Gasteiger partial charge in [0, 0.05) is 6.42 Å². The fourth-order valence-corrected chi connectivity index (χ4v) is 3.04. The predicted molar refractivity (Wildman–Crippen MR) is 157 cm³/mol. The van der Waals surface area contributed by atoms with Crippen molar-refractivity contribution in [3.8, 4) is 0 Å². The summed E-state index contributed by atoms with van der Waals surface area (Å²) >= 11 is 0. The Hall–Kier alpha value is -0.530. The highest BCUT2D eigenvalue weighted by molar-refractivity contribution is 5.69. The average Bonchev–Trinajstić information content (AvgIpc) is 2.66. The second kappa shape index (κ2) is 52.4. The summed E-state index contributed by atoms with van der Waals surface area (Å²) in [6.07, 6.45) is 23.1. The molecule has 0 N–H and O–H groups in total. The zero-order chi connectivity index (χ0) is 19.7. The summed E-state index contributed by atoms with van der Waals surface area (Å²) in [6.45, 7) is 9.00. The average molecular weight is 467 g/mol. The molecule has 32 heavy (non-hydrogen) atoms. The van der Waals surface area contributed by atoms with E-state index in [0.29, 0.717) is 13.0 Å². The highest BCUT2D eigenvalue weighted by atomic mass is 16.5. The van der Waals surface area contributed by atoms with Crippen LogP contribution in [0, 0.1) is 0 Å². The van der Waals surface area contributed by atoms with Crippen LogP contribution in [-0.2, 0) is 9.53 Å². The Kier molecular flexibility index (Phi) is 86.9. The van der Waals surface area contributed by atoms with Crippen LogP contribution in [0.3, 0.4) is 0 Å². The van der Waals surface area contributed by atoms with Gasteiger partial charge in [0.25, 0.3) is 0 Å². The van der Waals surface area contributed by atoms with Crippen molar-refractivity contribution in [3.05, 3.63) is 0 Å². The Morgan fingerprint density at radius 2 is 0.750 bits per heavy atom. The standard InChI is InChI=1S/C22H44O2.C2H6.6CH4/c1-3-5-7-8-9-10-11-12-13-14-15-16-17-18-19-20-22(23)24-21-6-4-2;1-2;;;;;;/h3-21H2,1-2H3;1-2H3;6*1H4. The van der Waals surface area contributed by atoms with Gasteiger partial charge >= 0.3 is 5.97 Å². The fourth-order valence-electron chi connectivity index (χ4n) is 3.04. The maximum Gasteiger partial charge on any atom is 0.305 e. The molecule has 0 rings (SSSR count). The van der Waals surface area contributed by atoms with Gasteiger partial charge in [-0.1, -0.05) is 169 Å². The maximum atomic E-state index is 11.4. The zero-order valence-electron chi connectivity index (χ0n) is 18.8. The minimum absolute atomic E-state index is 0. The molecule has 0 aliphatic rings. The van der Waals surface area contributed by atoms with Gasteiger partial charge in [-0.3, -0.25) is 4.79 Å². The molecule has 0 aromatic heterocycles. The van der Waals surface area contributed by atoms with Crippen LogP contribution in [-0.4, -0.2) is 12.6 Å². The molecule has 0 aromatic carbocycles. The van der Waals surface area contributed by atoms with E-state index in [1.165, 1.54) is 89.9 Å². The minimum atomic E-state index is -0.00172.